The molecular formula is C23H25N3O. The van der Waals surface area contributed by atoms with Crippen molar-refractivity contribution in [2.75, 3.05) is 13.1 Å². The largest absolute Gasteiger partial charge is 0.361 e. The molecule has 27 heavy (non-hydrogen) atoms. The predicted molar refractivity (Wildman–Crippen MR) is 110 cm³/mol. The van der Waals surface area contributed by atoms with Gasteiger partial charge in [0.25, 0.3) is 0 Å². The van der Waals surface area contributed by atoms with Crippen LogP contribution in [0.1, 0.15) is 24.5 Å². The van der Waals surface area contributed by atoms with Crippen molar-refractivity contribution in [3.63, 3.8) is 0 Å². The molecule has 0 saturated carbocycles. The van der Waals surface area contributed by atoms with Gasteiger partial charge in [-0.2, -0.15) is 0 Å². The van der Waals surface area contributed by atoms with Crippen molar-refractivity contribution in [1.82, 2.24) is 15.2 Å². The first-order valence-electron chi connectivity index (χ1n) is 9.53. The third-order valence-corrected chi connectivity index (χ3v) is 5.41. The molecule has 0 radical (unpaired) electrons. The van der Waals surface area contributed by atoms with Gasteiger partial charge in [0.2, 0.25) is 5.91 Å². The summed E-state index contributed by atoms with van der Waals surface area (Å²) in [6, 6.07) is 18.3. The van der Waals surface area contributed by atoms with Gasteiger partial charge in [-0.1, -0.05) is 54.6 Å². The average molecular weight is 359 g/mol. The van der Waals surface area contributed by atoms with E-state index in [0.717, 1.165) is 25.1 Å². The molecule has 138 valence electrons. The van der Waals surface area contributed by atoms with Crippen LogP contribution in [0.25, 0.3) is 16.5 Å². The summed E-state index contributed by atoms with van der Waals surface area (Å²) >= 11 is 0. The van der Waals surface area contributed by atoms with Gasteiger partial charge in [-0.3, -0.25) is 9.69 Å². The highest BCUT2D eigenvalue weighted by molar-refractivity contribution is 5.92. The van der Waals surface area contributed by atoms with Crippen LogP contribution in [0.5, 0.6) is 0 Å². The Morgan fingerprint density at radius 1 is 1.15 bits per heavy atom. The van der Waals surface area contributed by atoms with Gasteiger partial charge in [0.15, 0.2) is 0 Å². The topological polar surface area (TPSA) is 48.1 Å². The Balaban J connectivity index is 1.38. The summed E-state index contributed by atoms with van der Waals surface area (Å²) in [6.07, 6.45) is 5.32. The number of rotatable bonds is 5. The van der Waals surface area contributed by atoms with Crippen molar-refractivity contribution >= 4 is 22.4 Å². The first kappa shape index (κ1) is 17.6. The second-order valence-electron chi connectivity index (χ2n) is 7.10. The molecule has 4 nitrogen and oxygen atoms in total. The number of H-pyrrole nitrogens is 1. The molecule has 4 rings (SSSR count). The van der Waals surface area contributed by atoms with Crippen LogP contribution in [0.15, 0.2) is 66.9 Å². The third kappa shape index (κ3) is 3.81. The molecule has 0 fully saturated rings. The normalized spacial score (nSPS) is 16.1. The lowest BCUT2D eigenvalue weighted by atomic mass is 9.98. The van der Waals surface area contributed by atoms with E-state index in [4.69, 9.17) is 0 Å². The van der Waals surface area contributed by atoms with Crippen molar-refractivity contribution in [3.05, 3.63) is 78.0 Å². The highest BCUT2D eigenvalue weighted by Gasteiger charge is 2.23. The maximum atomic E-state index is 12.5. The Morgan fingerprint density at radius 3 is 2.70 bits per heavy atom. The van der Waals surface area contributed by atoms with Crippen LogP contribution in [0, 0.1) is 0 Å². The maximum Gasteiger partial charge on any atom is 0.237 e. The molecule has 2 heterocycles. The van der Waals surface area contributed by atoms with Gasteiger partial charge in [0, 0.05) is 42.3 Å². The summed E-state index contributed by atoms with van der Waals surface area (Å²) in [5.74, 6) is 0.0859. The molecule has 1 aliphatic heterocycles. The highest BCUT2D eigenvalue weighted by atomic mass is 16.2. The fourth-order valence-electron chi connectivity index (χ4n) is 3.72. The predicted octanol–water partition coefficient (Wildman–Crippen LogP) is 3.96. The summed E-state index contributed by atoms with van der Waals surface area (Å²) in [5, 5.41) is 4.32. The minimum Gasteiger partial charge on any atom is -0.361 e. The Morgan fingerprint density at radius 2 is 1.93 bits per heavy atom. The molecule has 2 aromatic carbocycles. The molecule has 1 amide bonds. The number of carbonyl (C=O) groups excluding carboxylic acids is 1. The molecule has 4 heteroatoms. The van der Waals surface area contributed by atoms with Crippen LogP contribution < -0.4 is 5.32 Å². The number of fused-ring (bicyclic) bond motifs is 1. The number of hydrogen-bond donors (Lipinski definition) is 2. The van der Waals surface area contributed by atoms with E-state index in [0.29, 0.717) is 6.54 Å². The molecule has 0 saturated heterocycles. The second kappa shape index (κ2) is 7.80. The number of carbonyl (C=O) groups is 1. The van der Waals surface area contributed by atoms with Crippen LogP contribution in [0.4, 0.5) is 0 Å². The SMILES string of the molecule is C[C@@H](C(=O)NCc1ccccc1)N1CC=C(c2c[nH]c3ccccc23)CC1. The van der Waals surface area contributed by atoms with Crippen molar-refractivity contribution in [1.29, 1.82) is 0 Å². The lowest BCUT2D eigenvalue weighted by Gasteiger charge is -2.31. The smallest absolute Gasteiger partial charge is 0.237 e. The lowest BCUT2D eigenvalue weighted by Crippen LogP contribution is -2.46. The van der Waals surface area contributed by atoms with Gasteiger partial charge in [-0.25, -0.2) is 0 Å². The van der Waals surface area contributed by atoms with E-state index >= 15 is 0 Å². The van der Waals surface area contributed by atoms with Crippen molar-refractivity contribution < 1.29 is 4.79 Å². The molecule has 3 aromatic rings. The number of amides is 1. The van der Waals surface area contributed by atoms with E-state index in [-0.39, 0.29) is 11.9 Å². The van der Waals surface area contributed by atoms with E-state index in [1.54, 1.807) is 0 Å². The number of benzene rings is 2. The Labute approximate surface area is 159 Å². The zero-order valence-electron chi connectivity index (χ0n) is 15.6. The van der Waals surface area contributed by atoms with Crippen LogP contribution in [-0.2, 0) is 11.3 Å². The third-order valence-electron chi connectivity index (χ3n) is 5.41. The minimum absolute atomic E-state index is 0.0859. The number of aromatic nitrogens is 1. The quantitative estimate of drug-likeness (QED) is 0.724. The number of para-hydroxylation sites is 1. The minimum atomic E-state index is -0.130. The number of nitrogens with zero attached hydrogens (tertiary/aromatic N) is 1. The van der Waals surface area contributed by atoms with Crippen LogP contribution >= 0.6 is 0 Å². The van der Waals surface area contributed by atoms with E-state index in [2.05, 4.69) is 51.7 Å². The first-order chi connectivity index (χ1) is 13.2. The number of hydrogen-bond acceptors (Lipinski definition) is 2. The van der Waals surface area contributed by atoms with E-state index < -0.39 is 0 Å². The fraction of sp³-hybridized carbons (Fsp3) is 0.261. The summed E-state index contributed by atoms with van der Waals surface area (Å²) in [5.41, 5.74) is 4.94. The fourth-order valence-corrected chi connectivity index (χ4v) is 3.72. The van der Waals surface area contributed by atoms with Gasteiger partial charge < -0.3 is 10.3 Å². The Bertz CT molecular complexity index is 958. The van der Waals surface area contributed by atoms with Crippen LogP contribution in [0.2, 0.25) is 0 Å². The molecule has 1 aromatic heterocycles. The molecule has 1 aliphatic rings. The van der Waals surface area contributed by atoms with Crippen molar-refractivity contribution in [3.8, 4) is 0 Å². The van der Waals surface area contributed by atoms with Crippen LogP contribution in [-0.4, -0.2) is 34.9 Å². The monoisotopic (exact) mass is 359 g/mol. The van der Waals surface area contributed by atoms with Gasteiger partial charge in [-0.15, -0.1) is 0 Å². The Kier molecular flexibility index (Phi) is 5.07. The van der Waals surface area contributed by atoms with Gasteiger partial charge in [-0.05, 0) is 30.5 Å². The molecule has 2 N–H and O–H groups in total. The Hall–Kier alpha value is -2.85. The molecule has 0 unspecified atom stereocenters. The molecule has 1 atom stereocenters. The summed E-state index contributed by atoms with van der Waals surface area (Å²) in [4.78, 5) is 18.1. The maximum absolute atomic E-state index is 12.5. The molecule has 0 bridgehead atoms. The first-order valence-corrected chi connectivity index (χ1v) is 9.53. The average Bonchev–Trinajstić information content (AvgIpc) is 3.16. The standard InChI is InChI=1S/C23H25N3O/c1-17(23(27)25-15-18-7-3-2-4-8-18)26-13-11-19(12-14-26)21-16-24-22-10-6-5-9-20(21)22/h2-11,16-17,24H,12-15H2,1H3,(H,25,27)/t17-/m0/s1. The van der Waals surface area contributed by atoms with Crippen molar-refractivity contribution in [2.24, 2.45) is 0 Å². The molecular weight excluding hydrogens is 334 g/mol. The van der Waals surface area contributed by atoms with E-state index in [9.17, 15) is 4.79 Å². The zero-order chi connectivity index (χ0) is 18.6. The number of nitrogens with one attached hydrogen (secondary N) is 2. The van der Waals surface area contributed by atoms with E-state index in [1.807, 2.05) is 37.3 Å². The molecule has 0 aliphatic carbocycles. The van der Waals surface area contributed by atoms with Gasteiger partial charge >= 0.3 is 0 Å². The summed E-state index contributed by atoms with van der Waals surface area (Å²) < 4.78 is 0. The van der Waals surface area contributed by atoms with Gasteiger partial charge in [0.05, 0.1) is 6.04 Å². The molecule has 0 spiro atoms. The number of aromatic amines is 1. The summed E-state index contributed by atoms with van der Waals surface area (Å²) in [7, 11) is 0. The zero-order valence-corrected chi connectivity index (χ0v) is 15.6. The van der Waals surface area contributed by atoms with E-state index in [1.165, 1.54) is 22.0 Å². The lowest BCUT2D eigenvalue weighted by molar-refractivity contribution is -0.125. The van der Waals surface area contributed by atoms with Crippen molar-refractivity contribution in [2.45, 2.75) is 25.9 Å². The van der Waals surface area contributed by atoms with Gasteiger partial charge in [0.1, 0.15) is 0 Å². The summed E-state index contributed by atoms with van der Waals surface area (Å²) in [6.45, 7) is 4.26. The second-order valence-corrected chi connectivity index (χ2v) is 7.10. The highest BCUT2D eigenvalue weighted by Crippen LogP contribution is 2.29. The van der Waals surface area contributed by atoms with Crippen LogP contribution in [0.3, 0.4) is 0 Å².